The van der Waals surface area contributed by atoms with Gasteiger partial charge < -0.3 is 29.6 Å². The SMILES string of the molecule is COC[C@H](NC(=O)OC(C)(C)C)c1nc(/C=C/C(=O)N/C(=C\c2cn(C(=O)OC(C)(C)C)c3ccccc23)C(=O)OC)cs1. The van der Waals surface area contributed by atoms with Gasteiger partial charge in [-0.15, -0.1) is 11.3 Å². The van der Waals surface area contributed by atoms with E-state index in [1.54, 1.807) is 71.2 Å². The number of benzene rings is 1. The number of nitrogens with one attached hydrogen (secondary N) is 2. The van der Waals surface area contributed by atoms with Crippen molar-refractivity contribution in [3.05, 3.63) is 63.9 Å². The molecule has 0 radical (unpaired) electrons. The molecular formula is C31H38N4O8S. The van der Waals surface area contributed by atoms with Crippen molar-refractivity contribution in [2.24, 2.45) is 0 Å². The monoisotopic (exact) mass is 626 g/mol. The number of esters is 1. The van der Waals surface area contributed by atoms with Crippen LogP contribution in [-0.2, 0) is 28.5 Å². The van der Waals surface area contributed by atoms with Crippen molar-refractivity contribution in [3.8, 4) is 0 Å². The van der Waals surface area contributed by atoms with Crippen LogP contribution in [0.5, 0.6) is 0 Å². The van der Waals surface area contributed by atoms with E-state index in [0.717, 1.165) is 0 Å². The van der Waals surface area contributed by atoms with Gasteiger partial charge in [0.05, 0.1) is 24.9 Å². The molecule has 0 bridgehead atoms. The predicted octanol–water partition coefficient (Wildman–Crippen LogP) is 5.44. The second-order valence-corrected chi connectivity index (χ2v) is 12.5. The third-order valence-electron chi connectivity index (χ3n) is 5.56. The van der Waals surface area contributed by atoms with Crippen LogP contribution in [0.15, 0.2) is 47.6 Å². The summed E-state index contributed by atoms with van der Waals surface area (Å²) < 4.78 is 22.3. The molecule has 0 aliphatic rings. The first-order valence-corrected chi connectivity index (χ1v) is 14.5. The second-order valence-electron chi connectivity index (χ2n) is 11.6. The molecule has 0 spiro atoms. The van der Waals surface area contributed by atoms with Crippen molar-refractivity contribution in [2.45, 2.75) is 58.8 Å². The van der Waals surface area contributed by atoms with Crippen molar-refractivity contribution in [2.75, 3.05) is 20.8 Å². The highest BCUT2D eigenvalue weighted by Crippen LogP contribution is 2.25. The van der Waals surface area contributed by atoms with E-state index >= 15 is 0 Å². The molecule has 13 heteroatoms. The number of fused-ring (bicyclic) bond motifs is 1. The molecule has 3 aromatic rings. The number of alkyl carbamates (subject to hydrolysis) is 1. The number of hydrogen-bond acceptors (Lipinski definition) is 10. The fraction of sp³-hybridized carbons (Fsp3) is 0.387. The van der Waals surface area contributed by atoms with Crippen LogP contribution in [0, 0.1) is 0 Å². The van der Waals surface area contributed by atoms with E-state index in [1.165, 1.54) is 54.5 Å². The van der Waals surface area contributed by atoms with Crippen molar-refractivity contribution in [1.82, 2.24) is 20.2 Å². The largest absolute Gasteiger partial charge is 0.464 e. The van der Waals surface area contributed by atoms with E-state index < -0.39 is 41.3 Å². The molecule has 1 atom stereocenters. The second kappa shape index (κ2) is 14.3. The molecule has 12 nitrogen and oxygen atoms in total. The Hall–Kier alpha value is -4.49. The Labute approximate surface area is 260 Å². The molecule has 2 heterocycles. The zero-order chi connectivity index (χ0) is 32.7. The third-order valence-corrected chi connectivity index (χ3v) is 6.54. The van der Waals surface area contributed by atoms with Gasteiger partial charge in [0.1, 0.15) is 27.9 Å². The molecule has 0 aliphatic heterocycles. The highest BCUT2D eigenvalue weighted by atomic mass is 32.1. The molecule has 3 rings (SSSR count). The van der Waals surface area contributed by atoms with Crippen molar-refractivity contribution < 1.29 is 38.1 Å². The maximum Gasteiger partial charge on any atom is 0.419 e. The van der Waals surface area contributed by atoms with E-state index in [9.17, 15) is 19.2 Å². The Morgan fingerprint density at radius 2 is 1.70 bits per heavy atom. The van der Waals surface area contributed by atoms with E-state index in [1.807, 2.05) is 0 Å². The molecule has 0 saturated heterocycles. The summed E-state index contributed by atoms with van der Waals surface area (Å²) in [4.78, 5) is 55.1. The molecule has 2 N–H and O–H groups in total. The lowest BCUT2D eigenvalue weighted by molar-refractivity contribution is -0.137. The zero-order valence-corrected chi connectivity index (χ0v) is 26.9. The fourth-order valence-electron chi connectivity index (χ4n) is 3.86. The fourth-order valence-corrected chi connectivity index (χ4v) is 4.68. The van der Waals surface area contributed by atoms with Gasteiger partial charge in [-0.1, -0.05) is 18.2 Å². The molecule has 0 aliphatic carbocycles. The molecule has 2 aromatic heterocycles. The Morgan fingerprint density at radius 1 is 1.02 bits per heavy atom. The van der Waals surface area contributed by atoms with Gasteiger partial charge in [0.2, 0.25) is 5.91 Å². The maximum absolute atomic E-state index is 12.9. The number of para-hydroxylation sites is 1. The van der Waals surface area contributed by atoms with Crippen LogP contribution in [0.4, 0.5) is 9.59 Å². The summed E-state index contributed by atoms with van der Waals surface area (Å²) in [6.45, 7) is 10.7. The summed E-state index contributed by atoms with van der Waals surface area (Å²) in [6.07, 6.45) is 4.45. The van der Waals surface area contributed by atoms with Gasteiger partial charge in [-0.05, 0) is 59.8 Å². The lowest BCUT2D eigenvalue weighted by Crippen LogP contribution is -2.36. The molecule has 44 heavy (non-hydrogen) atoms. The van der Waals surface area contributed by atoms with E-state index in [-0.39, 0.29) is 12.3 Å². The van der Waals surface area contributed by atoms with Gasteiger partial charge in [0.25, 0.3) is 0 Å². The number of nitrogens with zero attached hydrogens (tertiary/aromatic N) is 2. The quantitative estimate of drug-likeness (QED) is 0.180. The van der Waals surface area contributed by atoms with E-state index in [0.29, 0.717) is 27.2 Å². The highest BCUT2D eigenvalue weighted by molar-refractivity contribution is 7.09. The predicted molar refractivity (Wildman–Crippen MR) is 167 cm³/mol. The standard InChI is InChI=1S/C31H38N4O8S/c1-30(2,3)42-28(38)34-23(17-40-7)26-32-20(18-44-26)13-14-25(36)33-22(27(37)41-8)15-19-16-35(29(39)43-31(4,5)6)24-12-10-9-11-21(19)24/h9-16,18,23H,17H2,1-8H3,(H,33,36)(H,34,38)/b14-13+,22-15-/t23-/m0/s1. The van der Waals surface area contributed by atoms with Gasteiger partial charge in [0.15, 0.2) is 0 Å². The number of rotatable bonds is 9. The minimum atomic E-state index is -0.785. The number of thiazole rings is 1. The lowest BCUT2D eigenvalue weighted by atomic mass is 10.1. The lowest BCUT2D eigenvalue weighted by Gasteiger charge is -2.22. The number of carbonyl (C=O) groups is 4. The Morgan fingerprint density at radius 3 is 2.34 bits per heavy atom. The average molecular weight is 627 g/mol. The van der Waals surface area contributed by atoms with Crippen LogP contribution < -0.4 is 10.6 Å². The third kappa shape index (κ3) is 9.78. The summed E-state index contributed by atoms with van der Waals surface area (Å²) in [5.74, 6) is -1.40. The number of hydrogen-bond donors (Lipinski definition) is 2. The first kappa shape index (κ1) is 34.0. The van der Waals surface area contributed by atoms with Gasteiger partial charge in [-0.2, -0.15) is 0 Å². The van der Waals surface area contributed by atoms with E-state index in [2.05, 4.69) is 15.6 Å². The molecule has 2 amide bonds. The molecule has 0 saturated carbocycles. The summed E-state index contributed by atoms with van der Waals surface area (Å²) in [6, 6.07) is 6.54. The maximum atomic E-state index is 12.9. The van der Waals surface area contributed by atoms with Crippen LogP contribution in [0.25, 0.3) is 23.1 Å². The Balaban J connectivity index is 1.81. The van der Waals surface area contributed by atoms with Crippen LogP contribution in [0.3, 0.4) is 0 Å². The minimum absolute atomic E-state index is 0.144. The Kier molecular flexibility index (Phi) is 11.1. The highest BCUT2D eigenvalue weighted by Gasteiger charge is 2.23. The minimum Gasteiger partial charge on any atom is -0.464 e. The average Bonchev–Trinajstić information content (AvgIpc) is 3.54. The van der Waals surface area contributed by atoms with Gasteiger partial charge in [0, 0.05) is 35.7 Å². The molecule has 0 fully saturated rings. The summed E-state index contributed by atoms with van der Waals surface area (Å²) in [7, 11) is 2.70. The van der Waals surface area contributed by atoms with Crippen molar-refractivity contribution in [3.63, 3.8) is 0 Å². The molecular weight excluding hydrogens is 588 g/mol. The first-order chi connectivity index (χ1) is 20.6. The summed E-state index contributed by atoms with van der Waals surface area (Å²) >= 11 is 1.27. The normalized spacial score (nSPS) is 13.0. The van der Waals surface area contributed by atoms with Crippen LogP contribution in [0.2, 0.25) is 0 Å². The van der Waals surface area contributed by atoms with Gasteiger partial charge in [-0.25, -0.2) is 19.4 Å². The van der Waals surface area contributed by atoms with Gasteiger partial charge in [-0.3, -0.25) is 9.36 Å². The summed E-state index contributed by atoms with van der Waals surface area (Å²) in [5, 5.41) is 8.20. The molecule has 1 aromatic carbocycles. The molecule has 236 valence electrons. The Bertz CT molecular complexity index is 1570. The van der Waals surface area contributed by atoms with Crippen LogP contribution in [0.1, 0.15) is 63.8 Å². The smallest absolute Gasteiger partial charge is 0.419 e. The zero-order valence-electron chi connectivity index (χ0n) is 26.0. The van der Waals surface area contributed by atoms with Crippen LogP contribution >= 0.6 is 11.3 Å². The van der Waals surface area contributed by atoms with Crippen LogP contribution in [-0.4, -0.2) is 65.6 Å². The van der Waals surface area contributed by atoms with Gasteiger partial charge >= 0.3 is 18.2 Å². The number of methoxy groups -OCH3 is 2. The first-order valence-electron chi connectivity index (χ1n) is 13.7. The van der Waals surface area contributed by atoms with Crippen molar-refractivity contribution >= 4 is 58.5 Å². The topological polar surface area (TPSA) is 147 Å². The van der Waals surface area contributed by atoms with E-state index in [4.69, 9.17) is 18.9 Å². The number of ether oxygens (including phenoxy) is 4. The van der Waals surface area contributed by atoms with Crippen molar-refractivity contribution in [1.29, 1.82) is 0 Å². The summed E-state index contributed by atoms with van der Waals surface area (Å²) in [5.41, 5.74) is -0.0184. The molecule has 0 unspecified atom stereocenters. The number of amides is 2. The number of aromatic nitrogens is 2. The number of carbonyl (C=O) groups excluding carboxylic acids is 4.